The first-order valence-corrected chi connectivity index (χ1v) is 10.7. The summed E-state index contributed by atoms with van der Waals surface area (Å²) >= 11 is 0. The lowest BCUT2D eigenvalue weighted by molar-refractivity contribution is -0.141. The summed E-state index contributed by atoms with van der Waals surface area (Å²) < 4.78 is 48.8. The number of H-pyrrole nitrogens is 1. The molecule has 0 saturated carbocycles. The Bertz CT molecular complexity index is 1680. The number of fused-ring (bicyclic) bond motifs is 1. The van der Waals surface area contributed by atoms with Crippen molar-refractivity contribution in [2.45, 2.75) is 20.0 Å². The molecule has 36 heavy (non-hydrogen) atoms. The van der Waals surface area contributed by atoms with Crippen LogP contribution in [0.5, 0.6) is 11.5 Å². The van der Waals surface area contributed by atoms with E-state index < -0.39 is 17.3 Å². The Morgan fingerprint density at radius 1 is 1.03 bits per heavy atom. The van der Waals surface area contributed by atoms with Gasteiger partial charge in [-0.1, -0.05) is 0 Å². The first kappa shape index (κ1) is 23.1. The van der Waals surface area contributed by atoms with Crippen LogP contribution < -0.4 is 10.2 Å². The average Bonchev–Trinajstić information content (AvgIpc) is 3.25. The third-order valence-corrected chi connectivity index (χ3v) is 5.68. The van der Waals surface area contributed by atoms with E-state index in [-0.39, 0.29) is 33.7 Å². The summed E-state index contributed by atoms with van der Waals surface area (Å²) in [5, 5.41) is 7.92. The highest BCUT2D eigenvalue weighted by Gasteiger charge is 2.36. The summed E-state index contributed by atoms with van der Waals surface area (Å²) in [4.78, 5) is 28.6. The summed E-state index contributed by atoms with van der Waals surface area (Å²) in [6.07, 6.45) is 2.47. The van der Waals surface area contributed by atoms with E-state index in [9.17, 15) is 18.0 Å². The van der Waals surface area contributed by atoms with Gasteiger partial charge in [0.25, 0.3) is 0 Å². The minimum absolute atomic E-state index is 0.0185. The number of pyridine rings is 3. The SMILES string of the molecule is Cc1nnccc1Oc1cnc(C(F)(F)F)c(C)c1-c1cc(=O)c2c(-c3nccn3C)nccc2[nH]1. The van der Waals surface area contributed by atoms with Gasteiger partial charge in [0.1, 0.15) is 17.1 Å². The lowest BCUT2D eigenvalue weighted by atomic mass is 10.0. The van der Waals surface area contributed by atoms with Crippen LogP contribution in [0.4, 0.5) is 13.2 Å². The van der Waals surface area contributed by atoms with Crippen LogP contribution in [0.2, 0.25) is 0 Å². The van der Waals surface area contributed by atoms with Gasteiger partial charge < -0.3 is 14.3 Å². The van der Waals surface area contributed by atoms with E-state index in [1.807, 2.05) is 0 Å². The normalized spacial score (nSPS) is 11.7. The molecular weight excluding hydrogens is 475 g/mol. The molecule has 0 fully saturated rings. The van der Waals surface area contributed by atoms with Crippen molar-refractivity contribution >= 4 is 10.9 Å². The zero-order valence-electron chi connectivity index (χ0n) is 19.3. The average molecular weight is 493 g/mol. The number of aryl methyl sites for hydroxylation is 2. The predicted octanol–water partition coefficient (Wildman–Crippen LogP) is 4.60. The molecule has 0 bridgehead atoms. The van der Waals surface area contributed by atoms with Gasteiger partial charge in [-0.05, 0) is 25.5 Å². The molecule has 0 saturated heterocycles. The zero-order valence-corrected chi connectivity index (χ0v) is 19.3. The van der Waals surface area contributed by atoms with Gasteiger partial charge in [0.05, 0.1) is 29.0 Å². The molecule has 0 radical (unpaired) electrons. The molecule has 5 rings (SSSR count). The second kappa shape index (κ2) is 8.56. The molecule has 0 atom stereocenters. The molecular formula is C24H18F3N7O2. The van der Waals surface area contributed by atoms with Crippen molar-refractivity contribution in [1.82, 2.24) is 34.7 Å². The van der Waals surface area contributed by atoms with E-state index in [1.54, 1.807) is 37.0 Å². The fourth-order valence-corrected chi connectivity index (χ4v) is 4.00. The molecule has 0 aliphatic heterocycles. The first-order chi connectivity index (χ1) is 17.1. The minimum Gasteiger partial charge on any atom is -0.453 e. The lowest BCUT2D eigenvalue weighted by Crippen LogP contribution is -2.13. The quantitative estimate of drug-likeness (QED) is 0.389. The van der Waals surface area contributed by atoms with Crippen LogP contribution in [-0.4, -0.2) is 34.7 Å². The highest BCUT2D eigenvalue weighted by Crippen LogP contribution is 2.41. The molecule has 0 aliphatic rings. The van der Waals surface area contributed by atoms with E-state index >= 15 is 0 Å². The molecule has 5 aromatic heterocycles. The largest absolute Gasteiger partial charge is 0.453 e. The van der Waals surface area contributed by atoms with Crippen molar-refractivity contribution < 1.29 is 17.9 Å². The molecule has 5 heterocycles. The summed E-state index contributed by atoms with van der Waals surface area (Å²) in [7, 11) is 1.77. The van der Waals surface area contributed by atoms with Crippen molar-refractivity contribution in [3.05, 3.63) is 76.4 Å². The second-order valence-electron chi connectivity index (χ2n) is 8.04. The molecule has 1 N–H and O–H groups in total. The van der Waals surface area contributed by atoms with E-state index in [2.05, 4.69) is 30.1 Å². The summed E-state index contributed by atoms with van der Waals surface area (Å²) in [6.45, 7) is 2.93. The zero-order chi connectivity index (χ0) is 25.6. The van der Waals surface area contributed by atoms with Crippen LogP contribution in [0.3, 0.4) is 0 Å². The minimum atomic E-state index is -4.71. The van der Waals surface area contributed by atoms with E-state index in [1.165, 1.54) is 31.5 Å². The number of nitrogens with one attached hydrogen (secondary N) is 1. The molecule has 0 spiro atoms. The number of imidazole rings is 1. The Hall–Kier alpha value is -4.61. The fourth-order valence-electron chi connectivity index (χ4n) is 4.00. The van der Waals surface area contributed by atoms with Crippen LogP contribution >= 0.6 is 0 Å². The van der Waals surface area contributed by atoms with Crippen molar-refractivity contribution in [1.29, 1.82) is 0 Å². The molecule has 182 valence electrons. The summed E-state index contributed by atoms with van der Waals surface area (Å²) in [6, 6.07) is 4.34. The number of alkyl halides is 3. The molecule has 9 nitrogen and oxygen atoms in total. The van der Waals surface area contributed by atoms with Gasteiger partial charge in [-0.3, -0.25) is 9.78 Å². The van der Waals surface area contributed by atoms with E-state index in [0.717, 1.165) is 6.20 Å². The van der Waals surface area contributed by atoms with Gasteiger partial charge in [-0.2, -0.15) is 23.4 Å². The van der Waals surface area contributed by atoms with Crippen molar-refractivity contribution in [3.8, 4) is 34.3 Å². The molecule has 12 heteroatoms. The van der Waals surface area contributed by atoms with Crippen LogP contribution in [0.25, 0.3) is 33.7 Å². The number of aromatic amines is 1. The topological polar surface area (TPSA) is 111 Å². The van der Waals surface area contributed by atoms with Crippen molar-refractivity contribution in [2.75, 3.05) is 0 Å². The van der Waals surface area contributed by atoms with Gasteiger partial charge in [-0.25, -0.2) is 9.97 Å². The fraction of sp³-hybridized carbons (Fsp3) is 0.167. The predicted molar refractivity (Wildman–Crippen MR) is 124 cm³/mol. The standard InChI is InChI=1S/C24H18F3N7O2/c1-12-19(18(11-30-22(12)24(25,26)27)36-17-5-7-31-33-13(17)2)15-10-16(35)20-14(32-15)4-6-28-21(20)23-29-8-9-34(23)3/h4-11H,1-3H3,(H,32,35). The van der Waals surface area contributed by atoms with E-state index in [0.29, 0.717) is 22.7 Å². The van der Waals surface area contributed by atoms with Gasteiger partial charge in [0.2, 0.25) is 0 Å². The Morgan fingerprint density at radius 3 is 2.53 bits per heavy atom. The molecule has 5 aromatic rings. The van der Waals surface area contributed by atoms with Gasteiger partial charge >= 0.3 is 6.18 Å². The van der Waals surface area contributed by atoms with Gasteiger partial charge in [-0.15, -0.1) is 0 Å². The molecule has 0 amide bonds. The highest BCUT2D eigenvalue weighted by molar-refractivity contribution is 5.92. The maximum Gasteiger partial charge on any atom is 0.433 e. The lowest BCUT2D eigenvalue weighted by Gasteiger charge is -2.18. The number of halogens is 3. The number of ether oxygens (including phenoxy) is 1. The first-order valence-electron chi connectivity index (χ1n) is 10.7. The van der Waals surface area contributed by atoms with Crippen molar-refractivity contribution in [3.63, 3.8) is 0 Å². The Labute approximate surface area is 201 Å². The molecule has 0 aliphatic carbocycles. The van der Waals surface area contributed by atoms with Gasteiger partial charge in [0.15, 0.2) is 22.8 Å². The monoisotopic (exact) mass is 493 g/mol. The van der Waals surface area contributed by atoms with Crippen LogP contribution in [0, 0.1) is 13.8 Å². The number of rotatable bonds is 4. The summed E-state index contributed by atoms with van der Waals surface area (Å²) in [5.74, 6) is 0.782. The van der Waals surface area contributed by atoms with Crippen LogP contribution in [0.15, 0.2) is 54.0 Å². The number of aromatic nitrogens is 7. The van der Waals surface area contributed by atoms with Crippen molar-refractivity contribution in [2.24, 2.45) is 7.05 Å². The van der Waals surface area contributed by atoms with Crippen LogP contribution in [0.1, 0.15) is 17.0 Å². The Balaban J connectivity index is 1.76. The Kier molecular flexibility index (Phi) is 5.50. The molecule has 0 aromatic carbocycles. The van der Waals surface area contributed by atoms with Crippen LogP contribution in [-0.2, 0) is 13.2 Å². The Morgan fingerprint density at radius 2 is 1.83 bits per heavy atom. The second-order valence-corrected chi connectivity index (χ2v) is 8.04. The highest BCUT2D eigenvalue weighted by atomic mass is 19.4. The third-order valence-electron chi connectivity index (χ3n) is 5.68. The maximum absolute atomic E-state index is 13.7. The molecule has 0 unspecified atom stereocenters. The van der Waals surface area contributed by atoms with Gasteiger partial charge in [0, 0.05) is 43.3 Å². The number of hydrogen-bond acceptors (Lipinski definition) is 7. The smallest absolute Gasteiger partial charge is 0.433 e. The third kappa shape index (κ3) is 3.96. The number of nitrogens with zero attached hydrogens (tertiary/aromatic N) is 6. The summed E-state index contributed by atoms with van der Waals surface area (Å²) in [5.41, 5.74) is -0.395. The maximum atomic E-state index is 13.7. The van der Waals surface area contributed by atoms with E-state index in [4.69, 9.17) is 4.74 Å². The number of hydrogen-bond donors (Lipinski definition) is 1.